The molecule has 3 heterocycles. The van der Waals surface area contributed by atoms with Crippen molar-refractivity contribution in [1.82, 2.24) is 4.90 Å². The number of fused-ring (bicyclic) bond motifs is 3. The second-order valence-electron chi connectivity index (χ2n) is 7.57. The lowest BCUT2D eigenvalue weighted by molar-refractivity contribution is 0.0281. The normalized spacial score (nSPS) is 19.5. The van der Waals surface area contributed by atoms with Gasteiger partial charge in [-0.15, -0.1) is 0 Å². The fourth-order valence-electron chi connectivity index (χ4n) is 4.25. The summed E-state index contributed by atoms with van der Waals surface area (Å²) in [5.41, 5.74) is 3.09. The molecule has 28 heavy (non-hydrogen) atoms. The first-order chi connectivity index (χ1) is 13.7. The maximum Gasteiger partial charge on any atom is 0.200 e. The van der Waals surface area contributed by atoms with Gasteiger partial charge >= 0.3 is 0 Å². The van der Waals surface area contributed by atoms with E-state index >= 15 is 0 Å². The van der Waals surface area contributed by atoms with Gasteiger partial charge in [-0.2, -0.15) is 0 Å². The highest BCUT2D eigenvalue weighted by atomic mass is 16.5. The van der Waals surface area contributed by atoms with Gasteiger partial charge < -0.3 is 13.9 Å². The Morgan fingerprint density at radius 1 is 1.14 bits per heavy atom. The van der Waals surface area contributed by atoms with Crippen LogP contribution in [0.1, 0.15) is 24.2 Å². The number of aryl methyl sites for hydroxylation is 1. The molecule has 2 aromatic carbocycles. The van der Waals surface area contributed by atoms with Crippen molar-refractivity contribution in [3.05, 3.63) is 64.0 Å². The molecule has 0 N–H and O–H groups in total. The SMILES string of the molecule is Cc1oc2c3c(ccc2c(=O)c1-c1ccccc1)OCN(C[C@H]1CCCO1)C3. The molecule has 0 spiro atoms. The Hall–Kier alpha value is -2.63. The summed E-state index contributed by atoms with van der Waals surface area (Å²) in [6.07, 6.45) is 2.47. The summed E-state index contributed by atoms with van der Waals surface area (Å²) in [5, 5.41) is 0.603. The quantitative estimate of drug-likeness (QED) is 0.688. The van der Waals surface area contributed by atoms with E-state index in [1.165, 1.54) is 0 Å². The summed E-state index contributed by atoms with van der Waals surface area (Å²) in [4.78, 5) is 15.5. The van der Waals surface area contributed by atoms with Gasteiger partial charge in [0.1, 0.15) is 23.8 Å². The maximum absolute atomic E-state index is 13.3. The Bertz CT molecular complexity index is 1070. The molecule has 0 unspecified atom stereocenters. The molecule has 3 aromatic rings. The van der Waals surface area contributed by atoms with E-state index in [1.807, 2.05) is 49.4 Å². The van der Waals surface area contributed by atoms with Gasteiger partial charge in [-0.3, -0.25) is 9.69 Å². The first-order valence-electron chi connectivity index (χ1n) is 9.82. The van der Waals surface area contributed by atoms with Crippen molar-refractivity contribution >= 4 is 11.0 Å². The van der Waals surface area contributed by atoms with Gasteiger partial charge in [-0.1, -0.05) is 30.3 Å². The summed E-state index contributed by atoms with van der Waals surface area (Å²) in [6, 6.07) is 13.4. The summed E-state index contributed by atoms with van der Waals surface area (Å²) < 4.78 is 17.9. The van der Waals surface area contributed by atoms with Crippen LogP contribution in [-0.4, -0.2) is 30.9 Å². The minimum absolute atomic E-state index is 0.00370. The number of rotatable bonds is 3. The van der Waals surface area contributed by atoms with Crippen LogP contribution < -0.4 is 10.2 Å². The predicted molar refractivity (Wildman–Crippen MR) is 108 cm³/mol. The lowest BCUT2D eigenvalue weighted by Crippen LogP contribution is -2.37. The van der Waals surface area contributed by atoms with Crippen LogP contribution in [-0.2, 0) is 11.3 Å². The van der Waals surface area contributed by atoms with Crippen molar-refractivity contribution < 1.29 is 13.9 Å². The van der Waals surface area contributed by atoms with Crippen molar-refractivity contribution in [2.45, 2.75) is 32.4 Å². The average Bonchev–Trinajstić information content (AvgIpc) is 3.22. The number of benzene rings is 2. The minimum Gasteiger partial charge on any atom is -0.478 e. The Labute approximate surface area is 163 Å². The highest BCUT2D eigenvalue weighted by Gasteiger charge is 2.26. The zero-order valence-electron chi connectivity index (χ0n) is 15.9. The average molecular weight is 377 g/mol. The Morgan fingerprint density at radius 2 is 2.00 bits per heavy atom. The van der Waals surface area contributed by atoms with Gasteiger partial charge in [0.25, 0.3) is 0 Å². The van der Waals surface area contributed by atoms with Crippen LogP contribution in [0.5, 0.6) is 5.75 Å². The number of ether oxygens (including phenoxy) is 2. The summed E-state index contributed by atoms with van der Waals surface area (Å²) in [5.74, 6) is 1.43. The van der Waals surface area contributed by atoms with Gasteiger partial charge in [-0.05, 0) is 37.5 Å². The standard InChI is InChI=1S/C23H23NO4/c1-15-21(16-6-3-2-4-7-16)22(25)18-9-10-20-19(23(18)28-15)13-24(14-27-20)12-17-8-5-11-26-17/h2-4,6-7,9-10,17H,5,8,11-14H2,1H3/t17-/m1/s1. The molecule has 0 radical (unpaired) electrons. The molecular weight excluding hydrogens is 354 g/mol. The molecule has 2 aliphatic heterocycles. The van der Waals surface area contributed by atoms with Crippen LogP contribution in [0.3, 0.4) is 0 Å². The number of hydrogen-bond donors (Lipinski definition) is 0. The third-order valence-electron chi connectivity index (χ3n) is 5.63. The largest absolute Gasteiger partial charge is 0.478 e. The first kappa shape index (κ1) is 17.5. The Balaban J connectivity index is 1.57. The van der Waals surface area contributed by atoms with Crippen LogP contribution in [0, 0.1) is 6.92 Å². The van der Waals surface area contributed by atoms with E-state index in [4.69, 9.17) is 13.9 Å². The fraction of sp³-hybridized carbons (Fsp3) is 0.348. The molecule has 5 rings (SSSR count). The zero-order chi connectivity index (χ0) is 19.1. The lowest BCUT2D eigenvalue weighted by Gasteiger charge is -2.30. The molecule has 0 aliphatic carbocycles. The smallest absolute Gasteiger partial charge is 0.200 e. The maximum atomic E-state index is 13.3. The van der Waals surface area contributed by atoms with E-state index in [9.17, 15) is 4.79 Å². The Kier molecular flexibility index (Phi) is 4.41. The molecule has 1 saturated heterocycles. The lowest BCUT2D eigenvalue weighted by atomic mass is 10.0. The van der Waals surface area contributed by atoms with Crippen molar-refractivity contribution in [2.24, 2.45) is 0 Å². The third kappa shape index (κ3) is 3.01. The van der Waals surface area contributed by atoms with Crippen LogP contribution in [0.15, 0.2) is 51.7 Å². The first-order valence-corrected chi connectivity index (χ1v) is 9.82. The highest BCUT2D eigenvalue weighted by molar-refractivity contribution is 5.86. The van der Waals surface area contributed by atoms with Crippen LogP contribution >= 0.6 is 0 Å². The van der Waals surface area contributed by atoms with E-state index in [2.05, 4.69) is 4.90 Å². The minimum atomic E-state index is 0.00370. The predicted octanol–water partition coefficient (Wildman–Crippen LogP) is 4.10. The van der Waals surface area contributed by atoms with Gasteiger partial charge in [0.05, 0.1) is 22.6 Å². The third-order valence-corrected chi connectivity index (χ3v) is 5.63. The highest BCUT2D eigenvalue weighted by Crippen LogP contribution is 2.34. The zero-order valence-corrected chi connectivity index (χ0v) is 15.9. The molecule has 5 nitrogen and oxygen atoms in total. The van der Waals surface area contributed by atoms with E-state index in [1.54, 1.807) is 0 Å². The van der Waals surface area contributed by atoms with E-state index in [-0.39, 0.29) is 11.5 Å². The summed E-state index contributed by atoms with van der Waals surface area (Å²) in [7, 11) is 0. The van der Waals surface area contributed by atoms with Gasteiger partial charge in [0, 0.05) is 19.7 Å². The summed E-state index contributed by atoms with van der Waals surface area (Å²) >= 11 is 0. The molecule has 2 aliphatic rings. The van der Waals surface area contributed by atoms with Gasteiger partial charge in [0.2, 0.25) is 5.43 Å². The topological polar surface area (TPSA) is 51.9 Å². The van der Waals surface area contributed by atoms with Crippen LogP contribution in [0.4, 0.5) is 0 Å². The van der Waals surface area contributed by atoms with E-state index in [0.717, 1.165) is 42.9 Å². The molecule has 0 saturated carbocycles. The molecule has 5 heteroatoms. The van der Waals surface area contributed by atoms with E-state index < -0.39 is 0 Å². The molecule has 144 valence electrons. The molecule has 1 fully saturated rings. The van der Waals surface area contributed by atoms with Crippen molar-refractivity contribution in [1.29, 1.82) is 0 Å². The monoisotopic (exact) mass is 377 g/mol. The Morgan fingerprint density at radius 3 is 2.79 bits per heavy atom. The van der Waals surface area contributed by atoms with Gasteiger partial charge in [0.15, 0.2) is 0 Å². The van der Waals surface area contributed by atoms with E-state index in [0.29, 0.717) is 35.6 Å². The second kappa shape index (κ2) is 7.08. The van der Waals surface area contributed by atoms with Gasteiger partial charge in [-0.25, -0.2) is 0 Å². The molecule has 0 amide bonds. The van der Waals surface area contributed by atoms with Crippen LogP contribution in [0.2, 0.25) is 0 Å². The number of nitrogens with zero attached hydrogens (tertiary/aromatic N) is 1. The summed E-state index contributed by atoms with van der Waals surface area (Å²) in [6.45, 7) is 4.76. The molecule has 0 bridgehead atoms. The molecular formula is C23H23NO4. The second-order valence-corrected chi connectivity index (χ2v) is 7.57. The van der Waals surface area contributed by atoms with Crippen molar-refractivity contribution in [2.75, 3.05) is 19.9 Å². The molecule has 1 aromatic heterocycles. The number of hydrogen-bond acceptors (Lipinski definition) is 5. The van der Waals surface area contributed by atoms with Crippen molar-refractivity contribution in [3.63, 3.8) is 0 Å². The van der Waals surface area contributed by atoms with Crippen molar-refractivity contribution in [3.8, 4) is 16.9 Å². The molecule has 1 atom stereocenters. The van der Waals surface area contributed by atoms with Crippen LogP contribution in [0.25, 0.3) is 22.1 Å². The fourth-order valence-corrected chi connectivity index (χ4v) is 4.25.